The van der Waals surface area contributed by atoms with Gasteiger partial charge in [0.25, 0.3) is 0 Å². The number of carbonyl (C=O) groups is 1. The fourth-order valence-corrected chi connectivity index (χ4v) is 5.13. The highest BCUT2D eigenvalue weighted by Crippen LogP contribution is 2.44. The van der Waals surface area contributed by atoms with Gasteiger partial charge in [0.2, 0.25) is 11.9 Å². The zero-order chi connectivity index (χ0) is 24.4. The minimum Gasteiger partial charge on any atom is -0.495 e. The molecule has 0 unspecified atom stereocenters. The maximum absolute atomic E-state index is 15.2. The fraction of sp³-hybridized carbons (Fsp3) is 0.320. The van der Waals surface area contributed by atoms with Crippen molar-refractivity contribution in [3.8, 4) is 16.9 Å². The van der Waals surface area contributed by atoms with Gasteiger partial charge in [-0.25, -0.2) is 14.4 Å². The zero-order valence-electron chi connectivity index (χ0n) is 18.9. The van der Waals surface area contributed by atoms with Crippen LogP contribution in [0.1, 0.15) is 31.7 Å². The average molecular weight is 503 g/mol. The van der Waals surface area contributed by atoms with Gasteiger partial charge in [-0.05, 0) is 61.1 Å². The second-order valence-electron chi connectivity index (χ2n) is 8.18. The van der Waals surface area contributed by atoms with E-state index in [-0.39, 0.29) is 23.5 Å². The van der Waals surface area contributed by atoms with E-state index in [1.54, 1.807) is 18.3 Å². The molecule has 1 aromatic heterocycles. The number of anilines is 1. The van der Waals surface area contributed by atoms with E-state index in [9.17, 15) is 4.79 Å². The Morgan fingerprint density at radius 2 is 2.03 bits per heavy atom. The van der Waals surface area contributed by atoms with Crippen LogP contribution in [0, 0.1) is 5.82 Å². The van der Waals surface area contributed by atoms with E-state index in [4.69, 9.17) is 27.9 Å². The van der Waals surface area contributed by atoms with Crippen molar-refractivity contribution >= 4 is 46.0 Å². The summed E-state index contributed by atoms with van der Waals surface area (Å²) in [6, 6.07) is 4.80. The van der Waals surface area contributed by atoms with Crippen LogP contribution in [0.2, 0.25) is 10.0 Å². The Labute approximate surface area is 207 Å². The molecular weight excluding hydrogens is 478 g/mol. The van der Waals surface area contributed by atoms with Crippen molar-refractivity contribution in [2.45, 2.75) is 44.7 Å². The molecule has 3 aromatic rings. The van der Waals surface area contributed by atoms with Crippen LogP contribution >= 0.6 is 23.2 Å². The molecule has 2 aromatic carbocycles. The monoisotopic (exact) mass is 502 g/mol. The Hall–Kier alpha value is -2.90. The minimum atomic E-state index is -0.520. The van der Waals surface area contributed by atoms with Crippen molar-refractivity contribution in [3.05, 3.63) is 58.5 Å². The fourth-order valence-electron chi connectivity index (χ4n) is 4.35. The van der Waals surface area contributed by atoms with E-state index in [1.807, 2.05) is 6.92 Å². The number of hydrogen-bond donors (Lipinski definition) is 2. The molecule has 6 nitrogen and oxygen atoms in total. The standard InChI is InChI=1S/C25H25Cl2FN4O2/c1-4-13-11-19(34-3)23(27)21(22(13)26)14-9-15-12-29-25(32-24(15)16(28)10-14)31-18-8-6-7-17(18)30-20(33)5-2/h5,9-12,17-18H,2,4,6-8H2,1,3H3,(H,30,33)(H,29,31,32)/t17-,18+/m0/s1. The normalized spacial score (nSPS) is 17.6. The number of rotatable bonds is 7. The van der Waals surface area contributed by atoms with Crippen LogP contribution in [0.4, 0.5) is 10.3 Å². The zero-order valence-corrected chi connectivity index (χ0v) is 20.4. The van der Waals surface area contributed by atoms with Crippen molar-refractivity contribution in [1.82, 2.24) is 15.3 Å². The van der Waals surface area contributed by atoms with Gasteiger partial charge in [0.05, 0.1) is 17.2 Å². The number of benzene rings is 2. The number of fused-ring (bicyclic) bond motifs is 1. The topological polar surface area (TPSA) is 76.1 Å². The molecular formula is C25H25Cl2FN4O2. The van der Waals surface area contributed by atoms with Crippen LogP contribution in [-0.2, 0) is 11.2 Å². The maximum atomic E-state index is 15.2. The number of nitrogens with zero attached hydrogens (tertiary/aromatic N) is 2. The molecule has 0 radical (unpaired) electrons. The Bertz CT molecular complexity index is 1240. The first-order chi connectivity index (χ1) is 16.4. The first-order valence-corrected chi connectivity index (χ1v) is 11.8. The highest BCUT2D eigenvalue weighted by molar-refractivity contribution is 6.40. The van der Waals surface area contributed by atoms with Gasteiger partial charge >= 0.3 is 0 Å². The smallest absolute Gasteiger partial charge is 0.243 e. The van der Waals surface area contributed by atoms with Crippen molar-refractivity contribution in [2.24, 2.45) is 0 Å². The first kappa shape index (κ1) is 24.2. The van der Waals surface area contributed by atoms with Gasteiger partial charge < -0.3 is 15.4 Å². The largest absolute Gasteiger partial charge is 0.495 e. The van der Waals surface area contributed by atoms with Gasteiger partial charge in [0.15, 0.2) is 0 Å². The summed E-state index contributed by atoms with van der Waals surface area (Å²) >= 11 is 13.2. The molecule has 2 atom stereocenters. The van der Waals surface area contributed by atoms with E-state index >= 15 is 4.39 Å². The molecule has 0 saturated heterocycles. The summed E-state index contributed by atoms with van der Waals surface area (Å²) < 4.78 is 20.6. The summed E-state index contributed by atoms with van der Waals surface area (Å²) in [5, 5.41) is 7.44. The van der Waals surface area contributed by atoms with E-state index in [0.717, 1.165) is 24.8 Å². The Morgan fingerprint density at radius 1 is 1.26 bits per heavy atom. The highest BCUT2D eigenvalue weighted by atomic mass is 35.5. The molecule has 178 valence electrons. The number of amides is 1. The third-order valence-corrected chi connectivity index (χ3v) is 6.92. The number of aryl methyl sites for hydroxylation is 1. The quantitative estimate of drug-likeness (QED) is 0.390. The van der Waals surface area contributed by atoms with Gasteiger partial charge in [-0.2, -0.15) is 0 Å². The van der Waals surface area contributed by atoms with Gasteiger partial charge in [-0.3, -0.25) is 4.79 Å². The molecule has 1 heterocycles. The third kappa shape index (κ3) is 4.68. The number of hydrogen-bond acceptors (Lipinski definition) is 5. The highest BCUT2D eigenvalue weighted by Gasteiger charge is 2.29. The maximum Gasteiger partial charge on any atom is 0.243 e. The van der Waals surface area contributed by atoms with Crippen LogP contribution in [0.5, 0.6) is 5.75 Å². The number of halogens is 3. The second-order valence-corrected chi connectivity index (χ2v) is 8.94. The van der Waals surface area contributed by atoms with Gasteiger partial charge in [0.1, 0.15) is 17.1 Å². The van der Waals surface area contributed by atoms with Crippen molar-refractivity contribution in [2.75, 3.05) is 12.4 Å². The lowest BCUT2D eigenvalue weighted by atomic mass is 9.99. The molecule has 0 aliphatic heterocycles. The molecule has 2 N–H and O–H groups in total. The van der Waals surface area contributed by atoms with Gasteiger partial charge in [0, 0.05) is 29.2 Å². The SMILES string of the molecule is C=CC(=O)N[C@H]1CCC[C@H]1Nc1ncc2cc(-c3c(Cl)c(CC)cc(OC)c3Cl)cc(F)c2n1. The number of nitrogens with one attached hydrogen (secondary N) is 2. The van der Waals surface area contributed by atoms with Gasteiger partial charge in [-0.1, -0.05) is 36.7 Å². The molecule has 0 spiro atoms. The molecule has 1 fully saturated rings. The molecule has 4 rings (SSSR count). The van der Waals surface area contributed by atoms with E-state index < -0.39 is 5.82 Å². The Morgan fingerprint density at radius 3 is 2.74 bits per heavy atom. The molecule has 0 bridgehead atoms. The summed E-state index contributed by atoms with van der Waals surface area (Å²) in [7, 11) is 1.53. The molecule has 34 heavy (non-hydrogen) atoms. The lowest BCUT2D eigenvalue weighted by Gasteiger charge is -2.21. The van der Waals surface area contributed by atoms with Gasteiger partial charge in [-0.15, -0.1) is 0 Å². The summed E-state index contributed by atoms with van der Waals surface area (Å²) in [5.74, 6) is 0.0326. The van der Waals surface area contributed by atoms with Crippen LogP contribution in [0.3, 0.4) is 0 Å². The third-order valence-electron chi connectivity index (χ3n) is 6.11. The van der Waals surface area contributed by atoms with Crippen LogP contribution in [-0.4, -0.2) is 35.1 Å². The number of ether oxygens (including phenoxy) is 1. The molecule has 1 saturated carbocycles. The van der Waals surface area contributed by atoms with Crippen LogP contribution in [0.15, 0.2) is 37.1 Å². The summed E-state index contributed by atoms with van der Waals surface area (Å²) in [6.07, 6.45) is 6.11. The second kappa shape index (κ2) is 10.2. The lowest BCUT2D eigenvalue weighted by Crippen LogP contribution is -2.42. The van der Waals surface area contributed by atoms with E-state index in [0.29, 0.717) is 44.7 Å². The number of methoxy groups -OCH3 is 1. The van der Waals surface area contributed by atoms with Crippen molar-refractivity contribution in [3.63, 3.8) is 0 Å². The Kier molecular flexibility index (Phi) is 7.24. The number of aromatic nitrogens is 2. The summed E-state index contributed by atoms with van der Waals surface area (Å²) in [4.78, 5) is 20.5. The Balaban J connectivity index is 1.69. The van der Waals surface area contributed by atoms with Crippen molar-refractivity contribution in [1.29, 1.82) is 0 Å². The predicted octanol–water partition coefficient (Wildman–Crippen LogP) is 5.95. The number of carbonyl (C=O) groups excluding carboxylic acids is 1. The first-order valence-electron chi connectivity index (χ1n) is 11.1. The summed E-state index contributed by atoms with van der Waals surface area (Å²) in [6.45, 7) is 5.46. The average Bonchev–Trinajstić information content (AvgIpc) is 3.26. The predicted molar refractivity (Wildman–Crippen MR) is 134 cm³/mol. The molecule has 9 heteroatoms. The lowest BCUT2D eigenvalue weighted by molar-refractivity contribution is -0.117. The minimum absolute atomic E-state index is 0.0504. The van der Waals surface area contributed by atoms with Crippen LogP contribution < -0.4 is 15.4 Å². The molecule has 1 aliphatic rings. The van der Waals surface area contributed by atoms with Crippen LogP contribution in [0.25, 0.3) is 22.0 Å². The summed E-state index contributed by atoms with van der Waals surface area (Å²) in [5.41, 5.74) is 2.05. The van der Waals surface area contributed by atoms with Crippen molar-refractivity contribution < 1.29 is 13.9 Å². The molecule has 1 amide bonds. The molecule has 1 aliphatic carbocycles. The van der Waals surface area contributed by atoms with E-state index in [1.165, 1.54) is 19.3 Å². The van der Waals surface area contributed by atoms with E-state index in [2.05, 4.69) is 27.2 Å².